The third-order valence-electron chi connectivity index (χ3n) is 3.60. The van der Waals surface area contributed by atoms with Crippen molar-refractivity contribution in [3.63, 3.8) is 0 Å². The van der Waals surface area contributed by atoms with E-state index < -0.39 is 10.0 Å². The fourth-order valence-corrected chi connectivity index (χ4v) is 4.01. The van der Waals surface area contributed by atoms with E-state index in [1.165, 1.54) is 15.2 Å². The Morgan fingerprint density at radius 2 is 2.28 bits per heavy atom. The van der Waals surface area contributed by atoms with Crippen molar-refractivity contribution in [1.29, 1.82) is 0 Å². The lowest BCUT2D eigenvalue weighted by atomic mass is 9.90. The highest BCUT2D eigenvalue weighted by molar-refractivity contribution is 7.89. The van der Waals surface area contributed by atoms with Crippen LogP contribution in [0.2, 0.25) is 0 Å². The van der Waals surface area contributed by atoms with Gasteiger partial charge in [0.2, 0.25) is 0 Å². The maximum Gasteiger partial charge on any atom is 0.260 e. The van der Waals surface area contributed by atoms with E-state index >= 15 is 0 Å². The number of hydrogen-bond acceptors (Lipinski definition) is 4. The van der Waals surface area contributed by atoms with Gasteiger partial charge in [-0.3, -0.25) is 4.68 Å². The minimum atomic E-state index is -3.44. The first kappa shape index (κ1) is 13.5. The minimum absolute atomic E-state index is 0.107. The van der Waals surface area contributed by atoms with Gasteiger partial charge in [0.15, 0.2) is 5.03 Å². The lowest BCUT2D eigenvalue weighted by Gasteiger charge is -2.22. The number of aromatic nitrogens is 2. The molecule has 0 saturated carbocycles. The molecule has 1 aliphatic rings. The average Bonchev–Trinajstić information content (AvgIpc) is 2.96. The van der Waals surface area contributed by atoms with Crippen LogP contribution in [0.5, 0.6) is 0 Å². The third kappa shape index (κ3) is 2.17. The first-order valence-electron chi connectivity index (χ1n) is 6.15. The largest absolute Gasteiger partial charge is 0.330 e. The summed E-state index contributed by atoms with van der Waals surface area (Å²) < 4.78 is 28.0. The van der Waals surface area contributed by atoms with Gasteiger partial charge in [-0.25, -0.2) is 8.42 Å². The van der Waals surface area contributed by atoms with Crippen molar-refractivity contribution < 1.29 is 8.42 Å². The van der Waals surface area contributed by atoms with Crippen LogP contribution in [-0.2, 0) is 16.6 Å². The number of sulfonamides is 1. The van der Waals surface area contributed by atoms with Crippen LogP contribution in [0.1, 0.15) is 20.3 Å². The van der Waals surface area contributed by atoms with Crippen molar-refractivity contribution >= 4 is 10.0 Å². The predicted octanol–water partition coefficient (Wildman–Crippen LogP) is 0.262. The van der Waals surface area contributed by atoms with Crippen LogP contribution < -0.4 is 5.73 Å². The van der Waals surface area contributed by atoms with Crippen molar-refractivity contribution in [3.8, 4) is 0 Å². The van der Waals surface area contributed by atoms with Crippen molar-refractivity contribution in [2.24, 2.45) is 11.1 Å². The minimum Gasteiger partial charge on any atom is -0.330 e. The quantitative estimate of drug-likeness (QED) is 0.852. The average molecular weight is 272 g/mol. The SMILES string of the molecule is CCn1nccc1S(=O)(=O)N1CCC(C)(CN)C1. The van der Waals surface area contributed by atoms with E-state index in [0.29, 0.717) is 26.2 Å². The second-order valence-electron chi connectivity index (χ2n) is 5.09. The molecule has 1 atom stereocenters. The van der Waals surface area contributed by atoms with Crippen LogP contribution >= 0.6 is 0 Å². The molecule has 1 fully saturated rings. The van der Waals surface area contributed by atoms with Gasteiger partial charge >= 0.3 is 0 Å². The molecule has 102 valence electrons. The lowest BCUT2D eigenvalue weighted by Crippen LogP contribution is -2.35. The number of rotatable bonds is 4. The second-order valence-corrected chi connectivity index (χ2v) is 6.97. The van der Waals surface area contributed by atoms with E-state index in [-0.39, 0.29) is 10.4 Å². The van der Waals surface area contributed by atoms with Gasteiger partial charge in [0.25, 0.3) is 10.0 Å². The van der Waals surface area contributed by atoms with Gasteiger partial charge in [-0.15, -0.1) is 0 Å². The van der Waals surface area contributed by atoms with Gasteiger partial charge < -0.3 is 5.73 Å². The molecule has 1 aromatic heterocycles. The molecule has 1 aliphatic heterocycles. The summed E-state index contributed by atoms with van der Waals surface area (Å²) in [5.41, 5.74) is 5.60. The monoisotopic (exact) mass is 272 g/mol. The number of hydrogen-bond donors (Lipinski definition) is 1. The molecule has 2 heterocycles. The predicted molar refractivity (Wildman–Crippen MR) is 68.4 cm³/mol. The Bertz CT molecular complexity index is 525. The van der Waals surface area contributed by atoms with Crippen molar-refractivity contribution in [2.75, 3.05) is 19.6 Å². The highest BCUT2D eigenvalue weighted by Gasteiger charge is 2.39. The molecule has 0 aromatic carbocycles. The van der Waals surface area contributed by atoms with Crippen LogP contribution in [0.3, 0.4) is 0 Å². The fraction of sp³-hybridized carbons (Fsp3) is 0.727. The van der Waals surface area contributed by atoms with Gasteiger partial charge in [0.05, 0.1) is 6.20 Å². The fourth-order valence-electron chi connectivity index (χ4n) is 2.26. The van der Waals surface area contributed by atoms with Gasteiger partial charge in [0, 0.05) is 19.6 Å². The van der Waals surface area contributed by atoms with E-state index in [1.54, 1.807) is 6.07 Å². The van der Waals surface area contributed by atoms with Gasteiger partial charge in [-0.1, -0.05) is 6.92 Å². The van der Waals surface area contributed by atoms with Gasteiger partial charge in [-0.2, -0.15) is 9.40 Å². The maximum absolute atomic E-state index is 12.5. The van der Waals surface area contributed by atoms with Crippen molar-refractivity contribution in [1.82, 2.24) is 14.1 Å². The summed E-state index contributed by atoms with van der Waals surface area (Å²) in [6.45, 7) is 5.97. The third-order valence-corrected chi connectivity index (χ3v) is 5.46. The normalized spacial score (nSPS) is 25.7. The topological polar surface area (TPSA) is 81.2 Å². The Kier molecular flexibility index (Phi) is 3.48. The summed E-state index contributed by atoms with van der Waals surface area (Å²) in [4.78, 5) is 0. The van der Waals surface area contributed by atoms with Crippen LogP contribution in [0.4, 0.5) is 0 Å². The van der Waals surface area contributed by atoms with Crippen LogP contribution in [-0.4, -0.2) is 42.1 Å². The van der Waals surface area contributed by atoms with E-state index in [2.05, 4.69) is 5.10 Å². The van der Waals surface area contributed by atoms with Gasteiger partial charge in [-0.05, 0) is 31.4 Å². The number of nitrogens with zero attached hydrogens (tertiary/aromatic N) is 3. The maximum atomic E-state index is 12.5. The van der Waals surface area contributed by atoms with E-state index in [0.717, 1.165) is 6.42 Å². The van der Waals surface area contributed by atoms with Crippen LogP contribution in [0.15, 0.2) is 17.3 Å². The molecular weight excluding hydrogens is 252 g/mol. The molecule has 0 aliphatic carbocycles. The highest BCUT2D eigenvalue weighted by atomic mass is 32.2. The van der Waals surface area contributed by atoms with E-state index in [1.807, 2.05) is 13.8 Å². The second kappa shape index (κ2) is 4.64. The zero-order valence-electron chi connectivity index (χ0n) is 10.8. The van der Waals surface area contributed by atoms with E-state index in [9.17, 15) is 8.42 Å². The van der Waals surface area contributed by atoms with Crippen LogP contribution in [0.25, 0.3) is 0 Å². The smallest absolute Gasteiger partial charge is 0.260 e. The summed E-state index contributed by atoms with van der Waals surface area (Å²) in [5.74, 6) is 0. The summed E-state index contributed by atoms with van der Waals surface area (Å²) in [6.07, 6.45) is 2.33. The Labute approximate surface area is 108 Å². The Hall–Kier alpha value is -0.920. The lowest BCUT2D eigenvalue weighted by molar-refractivity contribution is 0.348. The van der Waals surface area contributed by atoms with Crippen LogP contribution in [0, 0.1) is 5.41 Å². The summed E-state index contributed by atoms with van der Waals surface area (Å²) in [6, 6.07) is 1.55. The summed E-state index contributed by atoms with van der Waals surface area (Å²) >= 11 is 0. The standard InChI is InChI=1S/C11H20N4O2S/c1-3-15-10(4-6-13-15)18(16,17)14-7-5-11(2,8-12)9-14/h4,6H,3,5,7-9,12H2,1-2H3. The molecule has 0 amide bonds. The zero-order chi connectivity index (χ0) is 13.4. The molecule has 0 spiro atoms. The molecule has 6 nitrogen and oxygen atoms in total. The van der Waals surface area contributed by atoms with Crippen molar-refractivity contribution in [2.45, 2.75) is 31.8 Å². The first-order chi connectivity index (χ1) is 8.43. The van der Waals surface area contributed by atoms with Gasteiger partial charge in [0.1, 0.15) is 0 Å². The molecule has 0 radical (unpaired) electrons. The molecular formula is C11H20N4O2S. The molecule has 2 N–H and O–H groups in total. The summed E-state index contributed by atoms with van der Waals surface area (Å²) in [7, 11) is -3.44. The zero-order valence-corrected chi connectivity index (χ0v) is 11.7. The molecule has 18 heavy (non-hydrogen) atoms. The number of nitrogens with two attached hydrogens (primary N) is 1. The molecule has 0 bridgehead atoms. The Balaban J connectivity index is 2.29. The molecule has 7 heteroatoms. The molecule has 1 unspecified atom stereocenters. The van der Waals surface area contributed by atoms with E-state index in [4.69, 9.17) is 5.73 Å². The molecule has 1 aromatic rings. The Morgan fingerprint density at radius 3 is 2.83 bits per heavy atom. The number of aryl methyl sites for hydroxylation is 1. The highest BCUT2D eigenvalue weighted by Crippen LogP contribution is 2.32. The Morgan fingerprint density at radius 1 is 1.56 bits per heavy atom. The summed E-state index contributed by atoms with van der Waals surface area (Å²) in [5, 5.41) is 4.28. The van der Waals surface area contributed by atoms with Crippen molar-refractivity contribution in [3.05, 3.63) is 12.3 Å². The molecule has 1 saturated heterocycles. The molecule has 2 rings (SSSR count). The first-order valence-corrected chi connectivity index (χ1v) is 7.59.